The number of hydrogen-bond acceptors (Lipinski definition) is 5. The molecule has 1 saturated carbocycles. The van der Waals surface area contributed by atoms with Gasteiger partial charge >= 0.3 is 6.03 Å². The predicted molar refractivity (Wildman–Crippen MR) is 111 cm³/mol. The minimum Gasteiger partial charge on any atom is -0.497 e. The van der Waals surface area contributed by atoms with Crippen LogP contribution in [-0.2, 0) is 16.1 Å². The van der Waals surface area contributed by atoms with Crippen LogP contribution in [0.3, 0.4) is 0 Å². The number of carbonyl (C=O) groups excluding carboxylic acids is 3. The average Bonchev–Trinajstić information content (AvgIpc) is 3.32. The first-order valence-corrected chi connectivity index (χ1v) is 10.8. The highest BCUT2D eigenvalue weighted by Gasteiger charge is 2.52. The van der Waals surface area contributed by atoms with Gasteiger partial charge in [-0.05, 0) is 30.5 Å². The zero-order valence-electron chi connectivity index (χ0n) is 17.6. The molecule has 2 aliphatic heterocycles. The van der Waals surface area contributed by atoms with Crippen LogP contribution in [0.1, 0.15) is 37.7 Å². The zero-order chi connectivity index (χ0) is 21.1. The first-order valence-electron chi connectivity index (χ1n) is 10.8. The van der Waals surface area contributed by atoms with Crippen molar-refractivity contribution in [2.24, 2.45) is 0 Å². The Morgan fingerprint density at radius 3 is 2.37 bits per heavy atom. The average molecular weight is 415 g/mol. The van der Waals surface area contributed by atoms with Gasteiger partial charge in [-0.15, -0.1) is 0 Å². The number of urea groups is 1. The monoisotopic (exact) mass is 414 g/mol. The van der Waals surface area contributed by atoms with Crippen molar-refractivity contribution in [1.82, 2.24) is 20.0 Å². The Morgan fingerprint density at radius 1 is 1.07 bits per heavy atom. The van der Waals surface area contributed by atoms with E-state index in [1.165, 1.54) is 10.5 Å². The summed E-state index contributed by atoms with van der Waals surface area (Å²) in [6.45, 7) is 3.96. The second kappa shape index (κ2) is 8.63. The van der Waals surface area contributed by atoms with E-state index in [2.05, 4.69) is 22.3 Å². The van der Waals surface area contributed by atoms with Gasteiger partial charge in [-0.2, -0.15) is 0 Å². The van der Waals surface area contributed by atoms with Crippen LogP contribution < -0.4 is 10.1 Å². The molecule has 0 aromatic heterocycles. The molecule has 0 radical (unpaired) electrons. The molecule has 4 rings (SSSR count). The number of carbonyl (C=O) groups is 3. The maximum atomic E-state index is 12.7. The lowest BCUT2D eigenvalue weighted by Crippen LogP contribution is -2.49. The third-order valence-electron chi connectivity index (χ3n) is 6.54. The molecule has 30 heavy (non-hydrogen) atoms. The zero-order valence-corrected chi connectivity index (χ0v) is 17.6. The van der Waals surface area contributed by atoms with Crippen molar-refractivity contribution < 1.29 is 19.1 Å². The molecule has 2 saturated heterocycles. The van der Waals surface area contributed by atoms with Gasteiger partial charge in [0, 0.05) is 45.7 Å². The predicted octanol–water partition coefficient (Wildman–Crippen LogP) is 1.59. The lowest BCUT2D eigenvalue weighted by Gasteiger charge is -2.35. The van der Waals surface area contributed by atoms with Crippen molar-refractivity contribution in [2.75, 3.05) is 39.8 Å². The molecule has 8 nitrogen and oxygen atoms in total. The van der Waals surface area contributed by atoms with Crippen LogP contribution in [0.5, 0.6) is 5.75 Å². The number of benzene rings is 1. The van der Waals surface area contributed by atoms with Gasteiger partial charge in [0.15, 0.2) is 0 Å². The smallest absolute Gasteiger partial charge is 0.325 e. The van der Waals surface area contributed by atoms with E-state index < -0.39 is 5.54 Å². The number of nitrogens with one attached hydrogen (secondary N) is 1. The van der Waals surface area contributed by atoms with Gasteiger partial charge in [0.2, 0.25) is 5.91 Å². The van der Waals surface area contributed by atoms with Gasteiger partial charge in [0.1, 0.15) is 11.3 Å². The topological polar surface area (TPSA) is 82.2 Å². The van der Waals surface area contributed by atoms with E-state index in [9.17, 15) is 14.4 Å². The van der Waals surface area contributed by atoms with E-state index in [1.54, 1.807) is 7.11 Å². The molecule has 0 bridgehead atoms. The lowest BCUT2D eigenvalue weighted by atomic mass is 9.98. The summed E-state index contributed by atoms with van der Waals surface area (Å²) in [4.78, 5) is 43.0. The molecule has 0 unspecified atom stereocenters. The third kappa shape index (κ3) is 4.14. The fourth-order valence-electron chi connectivity index (χ4n) is 4.71. The molecule has 1 aliphatic carbocycles. The molecular formula is C22H30N4O4. The molecule has 8 heteroatoms. The summed E-state index contributed by atoms with van der Waals surface area (Å²) in [5.41, 5.74) is 0.516. The molecule has 3 fully saturated rings. The van der Waals surface area contributed by atoms with E-state index in [0.29, 0.717) is 25.9 Å². The van der Waals surface area contributed by atoms with Gasteiger partial charge in [-0.3, -0.25) is 19.4 Å². The summed E-state index contributed by atoms with van der Waals surface area (Å²) in [5.74, 6) is 0.701. The normalized spacial score (nSPS) is 21.4. The van der Waals surface area contributed by atoms with Crippen LogP contribution in [0.4, 0.5) is 4.79 Å². The molecular weight excluding hydrogens is 384 g/mol. The number of ether oxygens (including phenoxy) is 1. The molecule has 1 aromatic rings. The van der Waals surface area contributed by atoms with Crippen molar-refractivity contribution in [3.63, 3.8) is 0 Å². The number of hydrogen-bond donors (Lipinski definition) is 1. The first kappa shape index (κ1) is 20.7. The molecule has 1 spiro atoms. The summed E-state index contributed by atoms with van der Waals surface area (Å²) in [5, 5.41) is 2.87. The Bertz CT molecular complexity index is 796. The van der Waals surface area contributed by atoms with E-state index in [1.807, 2.05) is 17.0 Å². The number of nitrogens with zero attached hydrogens (tertiary/aromatic N) is 3. The Balaban J connectivity index is 1.22. The second-order valence-corrected chi connectivity index (χ2v) is 8.43. The fraction of sp³-hybridized carbons (Fsp3) is 0.591. The number of rotatable bonds is 6. The minimum absolute atomic E-state index is 0.00655. The molecule has 1 N–H and O–H groups in total. The van der Waals surface area contributed by atoms with Crippen LogP contribution in [0.15, 0.2) is 24.3 Å². The largest absolute Gasteiger partial charge is 0.497 e. The summed E-state index contributed by atoms with van der Waals surface area (Å²) in [6.07, 6.45) is 3.52. The third-order valence-corrected chi connectivity index (χ3v) is 6.54. The molecule has 1 aromatic carbocycles. The van der Waals surface area contributed by atoms with E-state index in [0.717, 1.165) is 38.2 Å². The summed E-state index contributed by atoms with van der Waals surface area (Å²) in [6, 6.07) is 7.69. The van der Waals surface area contributed by atoms with Gasteiger partial charge < -0.3 is 15.0 Å². The van der Waals surface area contributed by atoms with Crippen molar-refractivity contribution in [2.45, 2.75) is 44.2 Å². The number of piperazine rings is 1. The Kier molecular flexibility index (Phi) is 5.94. The number of methoxy groups -OCH3 is 1. The highest BCUT2D eigenvalue weighted by Crippen LogP contribution is 2.35. The van der Waals surface area contributed by atoms with E-state index in [4.69, 9.17) is 4.74 Å². The Hall–Kier alpha value is -2.61. The van der Waals surface area contributed by atoms with Gasteiger partial charge in [0.05, 0.1) is 7.11 Å². The SMILES string of the molecule is COc1ccc(CN2CCN(C(=O)CCN3C(=O)NC4(CCCC4)C3=O)CC2)cc1. The molecule has 162 valence electrons. The van der Waals surface area contributed by atoms with Crippen LogP contribution in [0, 0.1) is 0 Å². The van der Waals surface area contributed by atoms with Crippen LogP contribution in [-0.4, -0.2) is 77.9 Å². The van der Waals surface area contributed by atoms with Gasteiger partial charge in [-0.1, -0.05) is 25.0 Å². The fourth-order valence-corrected chi connectivity index (χ4v) is 4.71. The standard InChI is InChI=1S/C22H30N4O4/c1-30-18-6-4-17(5-7-18)16-24-12-14-25(15-13-24)19(27)8-11-26-20(28)22(23-21(26)29)9-2-3-10-22/h4-7H,2-3,8-16H2,1H3,(H,23,29). The Morgan fingerprint density at radius 2 is 1.73 bits per heavy atom. The highest BCUT2D eigenvalue weighted by atomic mass is 16.5. The Labute approximate surface area is 177 Å². The quantitative estimate of drug-likeness (QED) is 0.715. The number of amides is 4. The second-order valence-electron chi connectivity index (χ2n) is 8.43. The highest BCUT2D eigenvalue weighted by molar-refractivity contribution is 6.07. The van der Waals surface area contributed by atoms with Crippen molar-refractivity contribution >= 4 is 17.8 Å². The van der Waals surface area contributed by atoms with Crippen molar-refractivity contribution in [3.8, 4) is 5.75 Å². The number of imide groups is 1. The molecule has 0 atom stereocenters. The van der Waals surface area contributed by atoms with Crippen LogP contribution in [0.25, 0.3) is 0 Å². The van der Waals surface area contributed by atoms with Crippen molar-refractivity contribution in [1.29, 1.82) is 0 Å². The van der Waals surface area contributed by atoms with Crippen LogP contribution >= 0.6 is 0 Å². The molecule has 2 heterocycles. The minimum atomic E-state index is -0.701. The van der Waals surface area contributed by atoms with Gasteiger partial charge in [0.25, 0.3) is 5.91 Å². The van der Waals surface area contributed by atoms with E-state index >= 15 is 0 Å². The molecule has 3 aliphatic rings. The summed E-state index contributed by atoms with van der Waals surface area (Å²) < 4.78 is 5.19. The lowest BCUT2D eigenvalue weighted by molar-refractivity contribution is -0.134. The summed E-state index contributed by atoms with van der Waals surface area (Å²) in [7, 11) is 1.66. The summed E-state index contributed by atoms with van der Waals surface area (Å²) >= 11 is 0. The van der Waals surface area contributed by atoms with Crippen LogP contribution in [0.2, 0.25) is 0 Å². The maximum absolute atomic E-state index is 12.7. The molecule has 4 amide bonds. The van der Waals surface area contributed by atoms with E-state index in [-0.39, 0.29) is 30.8 Å². The first-order chi connectivity index (χ1) is 14.5. The van der Waals surface area contributed by atoms with Crippen molar-refractivity contribution in [3.05, 3.63) is 29.8 Å². The van der Waals surface area contributed by atoms with Gasteiger partial charge in [-0.25, -0.2) is 4.79 Å². The maximum Gasteiger partial charge on any atom is 0.325 e.